The Morgan fingerprint density at radius 1 is 1.50 bits per heavy atom. The molecular formula is C10H18N2O4. The molecule has 6 heteroatoms. The second-order valence-corrected chi connectivity index (χ2v) is 3.19. The number of amides is 1. The van der Waals surface area contributed by atoms with Crippen LogP contribution in [0.3, 0.4) is 0 Å². The third-order valence-corrected chi connectivity index (χ3v) is 1.74. The summed E-state index contributed by atoms with van der Waals surface area (Å²) in [4.78, 5) is 21.5. The Hall–Kier alpha value is -1.40. The molecule has 0 saturated heterocycles. The van der Waals surface area contributed by atoms with Crippen LogP contribution in [0.15, 0.2) is 12.7 Å². The molecule has 1 unspecified atom stereocenters. The lowest BCUT2D eigenvalue weighted by Crippen LogP contribution is -2.43. The first-order valence-electron chi connectivity index (χ1n) is 5.01. The van der Waals surface area contributed by atoms with E-state index >= 15 is 0 Å². The zero-order valence-electron chi connectivity index (χ0n) is 9.15. The summed E-state index contributed by atoms with van der Waals surface area (Å²) in [5.74, 6) is -1.57. The van der Waals surface area contributed by atoms with Crippen LogP contribution >= 0.6 is 0 Å². The monoisotopic (exact) mass is 230 g/mol. The van der Waals surface area contributed by atoms with Gasteiger partial charge in [0.1, 0.15) is 0 Å². The maximum atomic E-state index is 11.2. The quantitative estimate of drug-likeness (QED) is 0.366. The molecule has 0 saturated carbocycles. The van der Waals surface area contributed by atoms with Gasteiger partial charge in [-0.2, -0.15) is 0 Å². The van der Waals surface area contributed by atoms with Gasteiger partial charge in [-0.3, -0.25) is 9.59 Å². The summed E-state index contributed by atoms with van der Waals surface area (Å²) in [5.41, 5.74) is 5.33. The predicted molar refractivity (Wildman–Crippen MR) is 58.9 cm³/mol. The van der Waals surface area contributed by atoms with Crippen LogP contribution in [0.25, 0.3) is 0 Å². The van der Waals surface area contributed by atoms with E-state index in [1.165, 1.54) is 0 Å². The van der Waals surface area contributed by atoms with Crippen molar-refractivity contribution in [2.24, 2.45) is 5.73 Å². The van der Waals surface area contributed by atoms with E-state index in [9.17, 15) is 9.59 Å². The molecule has 0 bridgehead atoms. The van der Waals surface area contributed by atoms with Crippen molar-refractivity contribution in [2.75, 3.05) is 19.8 Å². The van der Waals surface area contributed by atoms with E-state index in [0.29, 0.717) is 19.8 Å². The van der Waals surface area contributed by atoms with Gasteiger partial charge in [-0.1, -0.05) is 6.08 Å². The molecule has 92 valence electrons. The minimum atomic E-state index is -1.09. The third kappa shape index (κ3) is 7.95. The molecule has 0 heterocycles. The highest BCUT2D eigenvalue weighted by Crippen LogP contribution is 1.88. The Morgan fingerprint density at radius 2 is 2.19 bits per heavy atom. The van der Waals surface area contributed by atoms with Crippen molar-refractivity contribution in [1.29, 1.82) is 0 Å². The number of nitrogens with one attached hydrogen (secondary N) is 1. The van der Waals surface area contributed by atoms with Crippen molar-refractivity contribution in [2.45, 2.75) is 18.9 Å². The Balaban J connectivity index is 3.49. The number of ether oxygens (including phenoxy) is 1. The minimum absolute atomic E-state index is 0.323. The van der Waals surface area contributed by atoms with Gasteiger partial charge in [0.15, 0.2) is 0 Å². The van der Waals surface area contributed by atoms with E-state index in [-0.39, 0.29) is 6.42 Å². The van der Waals surface area contributed by atoms with Crippen LogP contribution < -0.4 is 11.1 Å². The summed E-state index contributed by atoms with van der Waals surface area (Å²) in [6.45, 7) is 4.79. The Bertz CT molecular complexity index is 243. The predicted octanol–water partition coefficient (Wildman–Crippen LogP) is -0.503. The van der Waals surface area contributed by atoms with Gasteiger partial charge in [-0.05, 0) is 6.42 Å². The number of carboxylic acids is 1. The Kier molecular flexibility index (Phi) is 8.10. The molecule has 0 aliphatic heterocycles. The molecule has 0 spiro atoms. The number of carbonyl (C=O) groups excluding carboxylic acids is 1. The fourth-order valence-electron chi connectivity index (χ4n) is 0.927. The summed E-state index contributed by atoms with van der Waals surface area (Å²) in [5, 5.41) is 10.9. The number of hydrogen-bond donors (Lipinski definition) is 3. The lowest BCUT2D eigenvalue weighted by Gasteiger charge is -2.10. The van der Waals surface area contributed by atoms with Gasteiger partial charge in [-0.25, -0.2) is 0 Å². The Morgan fingerprint density at radius 3 is 2.75 bits per heavy atom. The molecule has 0 radical (unpaired) electrons. The van der Waals surface area contributed by atoms with E-state index in [2.05, 4.69) is 11.9 Å². The lowest BCUT2D eigenvalue weighted by molar-refractivity contribution is -0.139. The molecule has 0 aromatic heterocycles. The normalized spacial score (nSPS) is 11.8. The topological polar surface area (TPSA) is 102 Å². The zero-order chi connectivity index (χ0) is 12.4. The van der Waals surface area contributed by atoms with Gasteiger partial charge in [0.25, 0.3) is 0 Å². The van der Waals surface area contributed by atoms with Gasteiger partial charge in [0.05, 0.1) is 25.7 Å². The van der Waals surface area contributed by atoms with Crippen molar-refractivity contribution < 1.29 is 19.4 Å². The van der Waals surface area contributed by atoms with E-state index < -0.39 is 17.9 Å². The fourth-order valence-corrected chi connectivity index (χ4v) is 0.927. The van der Waals surface area contributed by atoms with Crippen LogP contribution in [-0.2, 0) is 14.3 Å². The van der Waals surface area contributed by atoms with Gasteiger partial charge in [-0.15, -0.1) is 6.58 Å². The smallest absolute Gasteiger partial charge is 0.305 e. The summed E-state index contributed by atoms with van der Waals surface area (Å²) >= 11 is 0. The van der Waals surface area contributed by atoms with Crippen molar-refractivity contribution in [3.63, 3.8) is 0 Å². The van der Waals surface area contributed by atoms with Crippen molar-refractivity contribution in [3.05, 3.63) is 12.7 Å². The molecule has 4 N–H and O–H groups in total. The number of carboxylic acid groups (broad SMARTS) is 1. The summed E-state index contributed by atoms with van der Waals surface area (Å²) in [7, 11) is 0. The fraction of sp³-hybridized carbons (Fsp3) is 0.600. The lowest BCUT2D eigenvalue weighted by atomic mass is 10.2. The highest BCUT2D eigenvalue weighted by molar-refractivity contribution is 5.85. The summed E-state index contributed by atoms with van der Waals surface area (Å²) in [6.07, 6.45) is 2.12. The van der Waals surface area contributed by atoms with Gasteiger partial charge in [0, 0.05) is 6.54 Å². The van der Waals surface area contributed by atoms with Crippen LogP contribution in [0.2, 0.25) is 0 Å². The van der Waals surface area contributed by atoms with Gasteiger partial charge >= 0.3 is 5.97 Å². The van der Waals surface area contributed by atoms with E-state index in [1.54, 1.807) is 6.08 Å². The second-order valence-electron chi connectivity index (χ2n) is 3.19. The molecule has 0 aliphatic carbocycles. The number of hydrogen-bond acceptors (Lipinski definition) is 4. The molecule has 6 nitrogen and oxygen atoms in total. The number of nitrogens with two attached hydrogens (primary N) is 1. The number of aliphatic carboxylic acids is 1. The first kappa shape index (κ1) is 14.6. The van der Waals surface area contributed by atoms with Crippen LogP contribution in [0, 0.1) is 0 Å². The average Bonchev–Trinajstić information content (AvgIpc) is 2.21. The average molecular weight is 230 g/mol. The van der Waals surface area contributed by atoms with E-state index in [0.717, 1.165) is 6.42 Å². The molecule has 16 heavy (non-hydrogen) atoms. The molecular weight excluding hydrogens is 212 g/mol. The molecule has 0 aromatic rings. The molecule has 0 fully saturated rings. The standard InChI is InChI=1S/C10H18N2O4/c1-2-3-5-16-6-4-12-10(15)8(11)7-9(13)14/h2,8H,1,3-7,11H2,(H,12,15)(H,13,14). The first-order valence-corrected chi connectivity index (χ1v) is 5.01. The van der Waals surface area contributed by atoms with Crippen LogP contribution in [0.1, 0.15) is 12.8 Å². The zero-order valence-corrected chi connectivity index (χ0v) is 9.15. The first-order chi connectivity index (χ1) is 7.57. The Labute approximate surface area is 94.5 Å². The van der Waals surface area contributed by atoms with Crippen LogP contribution in [0.4, 0.5) is 0 Å². The largest absolute Gasteiger partial charge is 0.481 e. The van der Waals surface area contributed by atoms with Crippen molar-refractivity contribution in [3.8, 4) is 0 Å². The number of carbonyl (C=O) groups is 2. The molecule has 0 rings (SSSR count). The summed E-state index contributed by atoms with van der Waals surface area (Å²) < 4.78 is 5.14. The van der Waals surface area contributed by atoms with E-state index in [4.69, 9.17) is 15.6 Å². The number of rotatable bonds is 9. The summed E-state index contributed by atoms with van der Waals surface area (Å²) in [6, 6.07) is -1.01. The van der Waals surface area contributed by atoms with Crippen molar-refractivity contribution >= 4 is 11.9 Å². The highest BCUT2D eigenvalue weighted by Gasteiger charge is 2.15. The minimum Gasteiger partial charge on any atom is -0.481 e. The maximum Gasteiger partial charge on any atom is 0.305 e. The SMILES string of the molecule is C=CCCOCCNC(=O)C(N)CC(=O)O. The van der Waals surface area contributed by atoms with Gasteiger partial charge < -0.3 is 20.9 Å². The van der Waals surface area contributed by atoms with Crippen LogP contribution in [0.5, 0.6) is 0 Å². The maximum absolute atomic E-state index is 11.2. The second kappa shape index (κ2) is 8.87. The molecule has 1 atom stereocenters. The molecule has 0 aliphatic rings. The van der Waals surface area contributed by atoms with Gasteiger partial charge in [0.2, 0.25) is 5.91 Å². The molecule has 0 aromatic carbocycles. The van der Waals surface area contributed by atoms with Crippen LogP contribution in [-0.4, -0.2) is 42.8 Å². The third-order valence-electron chi connectivity index (χ3n) is 1.74. The molecule has 1 amide bonds. The highest BCUT2D eigenvalue weighted by atomic mass is 16.5. The van der Waals surface area contributed by atoms with Crippen molar-refractivity contribution in [1.82, 2.24) is 5.32 Å². The van der Waals surface area contributed by atoms with E-state index in [1.807, 2.05) is 0 Å².